The van der Waals surface area contributed by atoms with Crippen molar-refractivity contribution in [3.05, 3.63) is 52.5 Å². The van der Waals surface area contributed by atoms with Crippen LogP contribution in [0.3, 0.4) is 0 Å². The molecule has 0 radical (unpaired) electrons. The second-order valence-corrected chi connectivity index (χ2v) is 8.99. The fourth-order valence-electron chi connectivity index (χ4n) is 2.96. The Balaban J connectivity index is 1.92. The van der Waals surface area contributed by atoms with Gasteiger partial charge in [-0.2, -0.15) is 4.31 Å². The lowest BCUT2D eigenvalue weighted by atomic mass is 10.2. The summed E-state index contributed by atoms with van der Waals surface area (Å²) in [6.07, 6.45) is 1.70. The second-order valence-electron chi connectivity index (χ2n) is 6.17. The van der Waals surface area contributed by atoms with E-state index in [1.54, 1.807) is 37.3 Å². The number of amides is 1. The largest absolute Gasteiger partial charge is 0.492 e. The molecule has 1 N–H and O–H groups in total. The van der Waals surface area contributed by atoms with Gasteiger partial charge in [-0.05, 0) is 56.2 Å². The number of sulfonamides is 1. The van der Waals surface area contributed by atoms with Crippen molar-refractivity contribution in [2.45, 2.75) is 24.7 Å². The highest BCUT2D eigenvalue weighted by Crippen LogP contribution is 2.31. The predicted molar refractivity (Wildman–Crippen MR) is 108 cm³/mol. The Hall–Kier alpha value is -1.90. The maximum absolute atomic E-state index is 13.0. The summed E-state index contributed by atoms with van der Waals surface area (Å²) in [5.74, 6) is -0.0187. The van der Waals surface area contributed by atoms with E-state index in [1.165, 1.54) is 10.4 Å². The molecule has 27 heavy (non-hydrogen) atoms. The van der Waals surface area contributed by atoms with E-state index < -0.39 is 10.0 Å². The fourth-order valence-corrected chi connectivity index (χ4v) is 5.04. The number of benzene rings is 2. The minimum absolute atomic E-state index is 0.0818. The first kappa shape index (κ1) is 19.9. The standard InChI is InChI=1S/C19H21BrN2O4S/c1-2-26-17-9-8-16(21-19(23)14-6-5-7-15(20)12-14)13-18(17)27(24,25)22-10-3-4-11-22/h5-9,12-13H,2-4,10-11H2,1H3,(H,21,23). The molecule has 0 aromatic heterocycles. The Morgan fingerprint density at radius 1 is 1.19 bits per heavy atom. The normalized spacial score (nSPS) is 14.9. The smallest absolute Gasteiger partial charge is 0.255 e. The third-order valence-electron chi connectivity index (χ3n) is 4.27. The maximum Gasteiger partial charge on any atom is 0.255 e. The molecule has 1 amide bonds. The highest BCUT2D eigenvalue weighted by molar-refractivity contribution is 9.10. The van der Waals surface area contributed by atoms with Crippen molar-refractivity contribution in [1.29, 1.82) is 0 Å². The van der Waals surface area contributed by atoms with Crippen LogP contribution in [0.25, 0.3) is 0 Å². The Bertz CT molecular complexity index is 940. The molecule has 0 atom stereocenters. The van der Waals surface area contributed by atoms with Gasteiger partial charge in [0.15, 0.2) is 0 Å². The Kier molecular flexibility index (Phi) is 6.18. The van der Waals surface area contributed by atoms with Crippen LogP contribution >= 0.6 is 15.9 Å². The Morgan fingerprint density at radius 3 is 2.59 bits per heavy atom. The van der Waals surface area contributed by atoms with E-state index in [4.69, 9.17) is 4.74 Å². The Morgan fingerprint density at radius 2 is 1.93 bits per heavy atom. The lowest BCUT2D eigenvalue weighted by Gasteiger charge is -2.19. The molecule has 0 aliphatic carbocycles. The third kappa shape index (κ3) is 4.51. The summed E-state index contributed by atoms with van der Waals surface area (Å²) in [4.78, 5) is 12.6. The number of rotatable bonds is 6. The highest BCUT2D eigenvalue weighted by Gasteiger charge is 2.30. The van der Waals surface area contributed by atoms with Gasteiger partial charge < -0.3 is 10.1 Å². The second kappa shape index (κ2) is 8.41. The topological polar surface area (TPSA) is 75.7 Å². The summed E-state index contributed by atoms with van der Waals surface area (Å²) < 4.78 is 33.8. The summed E-state index contributed by atoms with van der Waals surface area (Å²) in [6, 6.07) is 11.7. The number of anilines is 1. The molecular weight excluding hydrogens is 432 g/mol. The average Bonchev–Trinajstić information content (AvgIpc) is 3.18. The number of carbonyl (C=O) groups is 1. The molecule has 1 aliphatic rings. The van der Waals surface area contributed by atoms with Gasteiger partial charge in [-0.1, -0.05) is 22.0 Å². The van der Waals surface area contributed by atoms with Crippen molar-refractivity contribution in [1.82, 2.24) is 4.31 Å². The third-order valence-corrected chi connectivity index (χ3v) is 6.68. The van der Waals surface area contributed by atoms with E-state index in [0.717, 1.165) is 17.3 Å². The fraction of sp³-hybridized carbons (Fsp3) is 0.316. The van der Waals surface area contributed by atoms with Gasteiger partial charge >= 0.3 is 0 Å². The minimum atomic E-state index is -3.67. The molecule has 8 heteroatoms. The number of nitrogens with zero attached hydrogens (tertiary/aromatic N) is 1. The summed E-state index contributed by atoms with van der Waals surface area (Å²) in [6.45, 7) is 3.16. The van der Waals surface area contributed by atoms with Crippen molar-refractivity contribution in [3.63, 3.8) is 0 Å². The van der Waals surface area contributed by atoms with Crippen LogP contribution in [0.1, 0.15) is 30.1 Å². The monoisotopic (exact) mass is 452 g/mol. The van der Waals surface area contributed by atoms with Crippen LogP contribution in [-0.2, 0) is 10.0 Å². The Labute approximate surface area is 167 Å². The number of hydrogen-bond donors (Lipinski definition) is 1. The number of hydrogen-bond acceptors (Lipinski definition) is 4. The molecule has 0 spiro atoms. The van der Waals surface area contributed by atoms with Gasteiger partial charge in [0.2, 0.25) is 10.0 Å². The number of nitrogens with one attached hydrogen (secondary N) is 1. The summed E-state index contributed by atoms with van der Waals surface area (Å²) in [5, 5.41) is 2.76. The molecule has 1 fully saturated rings. The predicted octanol–water partition coefficient (Wildman–Crippen LogP) is 3.88. The van der Waals surface area contributed by atoms with E-state index in [1.807, 2.05) is 6.07 Å². The van der Waals surface area contributed by atoms with Crippen molar-refractivity contribution in [2.75, 3.05) is 25.0 Å². The lowest BCUT2D eigenvalue weighted by molar-refractivity contribution is 0.102. The van der Waals surface area contributed by atoms with Gasteiger partial charge in [-0.15, -0.1) is 0 Å². The molecule has 2 aromatic carbocycles. The van der Waals surface area contributed by atoms with Crippen LogP contribution in [0.2, 0.25) is 0 Å². The molecule has 3 rings (SSSR count). The average molecular weight is 453 g/mol. The van der Waals surface area contributed by atoms with Crippen LogP contribution in [-0.4, -0.2) is 38.3 Å². The molecule has 1 saturated heterocycles. The molecule has 0 bridgehead atoms. The van der Waals surface area contributed by atoms with Crippen LogP contribution in [0.5, 0.6) is 5.75 Å². The van der Waals surface area contributed by atoms with Gasteiger partial charge in [-0.25, -0.2) is 8.42 Å². The van der Waals surface area contributed by atoms with Gasteiger partial charge in [0.25, 0.3) is 5.91 Å². The minimum Gasteiger partial charge on any atom is -0.492 e. The van der Waals surface area contributed by atoms with Crippen molar-refractivity contribution < 1.29 is 17.9 Å². The van der Waals surface area contributed by atoms with Crippen LogP contribution in [0.4, 0.5) is 5.69 Å². The summed E-state index contributed by atoms with van der Waals surface area (Å²) in [5.41, 5.74) is 0.878. The molecule has 0 unspecified atom stereocenters. The zero-order chi connectivity index (χ0) is 19.4. The van der Waals surface area contributed by atoms with Crippen LogP contribution < -0.4 is 10.1 Å². The van der Waals surface area contributed by atoms with Crippen LogP contribution in [0.15, 0.2) is 51.8 Å². The maximum atomic E-state index is 13.0. The highest BCUT2D eigenvalue weighted by atomic mass is 79.9. The van der Waals surface area contributed by atoms with E-state index in [2.05, 4.69) is 21.2 Å². The molecule has 6 nitrogen and oxygen atoms in total. The van der Waals surface area contributed by atoms with Crippen LogP contribution in [0, 0.1) is 0 Å². The van der Waals surface area contributed by atoms with E-state index in [0.29, 0.717) is 36.7 Å². The van der Waals surface area contributed by atoms with Gasteiger partial charge in [0, 0.05) is 28.8 Å². The molecule has 1 aliphatic heterocycles. The molecule has 1 heterocycles. The first-order chi connectivity index (χ1) is 12.9. The summed E-state index contributed by atoms with van der Waals surface area (Å²) >= 11 is 3.34. The first-order valence-electron chi connectivity index (χ1n) is 8.75. The number of ether oxygens (including phenoxy) is 1. The summed E-state index contributed by atoms with van der Waals surface area (Å²) in [7, 11) is -3.67. The molecular formula is C19H21BrN2O4S. The molecule has 0 saturated carbocycles. The SMILES string of the molecule is CCOc1ccc(NC(=O)c2cccc(Br)c2)cc1S(=O)(=O)N1CCCC1. The number of carbonyl (C=O) groups excluding carboxylic acids is 1. The molecule has 144 valence electrons. The molecule has 2 aromatic rings. The van der Waals surface area contributed by atoms with Gasteiger partial charge in [0.05, 0.1) is 6.61 Å². The van der Waals surface area contributed by atoms with E-state index >= 15 is 0 Å². The van der Waals surface area contributed by atoms with Crippen molar-refractivity contribution in [2.24, 2.45) is 0 Å². The van der Waals surface area contributed by atoms with Gasteiger partial charge in [-0.3, -0.25) is 4.79 Å². The van der Waals surface area contributed by atoms with E-state index in [9.17, 15) is 13.2 Å². The van der Waals surface area contributed by atoms with E-state index in [-0.39, 0.29) is 10.8 Å². The zero-order valence-electron chi connectivity index (χ0n) is 14.9. The van der Waals surface area contributed by atoms with Crippen molar-refractivity contribution >= 4 is 37.5 Å². The quantitative estimate of drug-likeness (QED) is 0.721. The van der Waals surface area contributed by atoms with Gasteiger partial charge in [0.1, 0.15) is 10.6 Å². The first-order valence-corrected chi connectivity index (χ1v) is 11.0. The number of halogens is 1. The lowest BCUT2D eigenvalue weighted by Crippen LogP contribution is -2.28. The zero-order valence-corrected chi connectivity index (χ0v) is 17.3. The van der Waals surface area contributed by atoms with Crippen molar-refractivity contribution in [3.8, 4) is 5.75 Å².